The topological polar surface area (TPSA) is 21.1 Å². The second-order valence-electron chi connectivity index (χ2n) is 9.23. The Labute approximate surface area is 225 Å². The first-order chi connectivity index (χ1) is 17.6. The van der Waals surface area contributed by atoms with Crippen molar-refractivity contribution in [2.24, 2.45) is 0 Å². The zero-order valence-corrected chi connectivity index (χ0v) is 22.8. The predicted octanol–water partition coefficient (Wildman–Crippen LogP) is 9.13. The van der Waals surface area contributed by atoms with Crippen LogP contribution in [0.25, 0.3) is 22.6 Å². The summed E-state index contributed by atoms with van der Waals surface area (Å²) in [7, 11) is 0. The SMILES string of the molecule is CCCCN(Cc1c(Cl)cccc1Cl)Cc1c(-c2ccccc2)nc(-c2ccccc2)n1CCCC. The summed E-state index contributed by atoms with van der Waals surface area (Å²) < 4.78 is 2.44. The molecule has 0 spiro atoms. The van der Waals surface area contributed by atoms with Gasteiger partial charge in [-0.05, 0) is 31.5 Å². The Hall–Kier alpha value is -2.59. The van der Waals surface area contributed by atoms with Crippen LogP contribution in [0.1, 0.15) is 50.8 Å². The average molecular weight is 521 g/mol. The van der Waals surface area contributed by atoms with Crippen LogP contribution in [-0.4, -0.2) is 21.0 Å². The van der Waals surface area contributed by atoms with Crippen LogP contribution in [0.4, 0.5) is 0 Å². The molecular formula is C31H35Cl2N3. The van der Waals surface area contributed by atoms with Crippen LogP contribution in [-0.2, 0) is 19.6 Å². The molecule has 3 aromatic carbocycles. The van der Waals surface area contributed by atoms with Crippen molar-refractivity contribution < 1.29 is 0 Å². The molecule has 0 N–H and O–H groups in total. The van der Waals surface area contributed by atoms with E-state index in [1.807, 2.05) is 18.2 Å². The molecule has 4 aromatic rings. The van der Waals surface area contributed by atoms with Gasteiger partial charge >= 0.3 is 0 Å². The van der Waals surface area contributed by atoms with Crippen molar-refractivity contribution >= 4 is 23.2 Å². The van der Waals surface area contributed by atoms with Crippen LogP contribution >= 0.6 is 23.2 Å². The van der Waals surface area contributed by atoms with Gasteiger partial charge in [-0.25, -0.2) is 4.98 Å². The molecule has 0 aliphatic rings. The standard InChI is InChI=1S/C31H35Cl2N3/c1-3-5-20-35(22-26-27(32)18-13-19-28(26)33)23-29-30(24-14-9-7-10-15-24)34-31(36(29)21-6-4-2)25-16-11-8-12-17-25/h7-19H,3-6,20-23H2,1-2H3. The Balaban J connectivity index is 1.82. The maximum Gasteiger partial charge on any atom is 0.140 e. The van der Waals surface area contributed by atoms with Crippen LogP contribution in [0.15, 0.2) is 78.9 Å². The zero-order chi connectivity index (χ0) is 25.3. The highest BCUT2D eigenvalue weighted by molar-refractivity contribution is 6.35. The summed E-state index contributed by atoms with van der Waals surface area (Å²) in [5.74, 6) is 1.03. The Morgan fingerprint density at radius 1 is 0.722 bits per heavy atom. The highest BCUT2D eigenvalue weighted by Crippen LogP contribution is 2.32. The van der Waals surface area contributed by atoms with Gasteiger partial charge in [0.15, 0.2) is 0 Å². The third-order valence-corrected chi connectivity index (χ3v) is 7.24. The molecule has 0 bridgehead atoms. The molecule has 1 aromatic heterocycles. The minimum atomic E-state index is 0.701. The number of nitrogens with zero attached hydrogens (tertiary/aromatic N) is 3. The van der Waals surface area contributed by atoms with Crippen LogP contribution < -0.4 is 0 Å². The molecule has 0 radical (unpaired) electrons. The zero-order valence-electron chi connectivity index (χ0n) is 21.3. The molecule has 36 heavy (non-hydrogen) atoms. The quantitative estimate of drug-likeness (QED) is 0.186. The fraction of sp³-hybridized carbons (Fsp3) is 0.323. The van der Waals surface area contributed by atoms with E-state index in [0.29, 0.717) is 6.54 Å². The molecule has 0 aliphatic carbocycles. The average Bonchev–Trinajstić information content (AvgIpc) is 3.26. The molecule has 0 atom stereocenters. The van der Waals surface area contributed by atoms with Crippen molar-refractivity contribution in [1.82, 2.24) is 14.5 Å². The van der Waals surface area contributed by atoms with Gasteiger partial charge in [-0.15, -0.1) is 0 Å². The van der Waals surface area contributed by atoms with Crippen molar-refractivity contribution in [3.05, 3.63) is 100 Å². The molecule has 188 valence electrons. The summed E-state index contributed by atoms with van der Waals surface area (Å²) in [4.78, 5) is 7.73. The van der Waals surface area contributed by atoms with Crippen LogP contribution in [0.5, 0.6) is 0 Å². The smallest absolute Gasteiger partial charge is 0.140 e. The number of imidazole rings is 1. The van der Waals surface area contributed by atoms with Crippen molar-refractivity contribution in [1.29, 1.82) is 0 Å². The van der Waals surface area contributed by atoms with Crippen molar-refractivity contribution in [3.8, 4) is 22.6 Å². The molecule has 0 saturated heterocycles. The maximum atomic E-state index is 6.59. The van der Waals surface area contributed by atoms with E-state index in [1.165, 1.54) is 5.69 Å². The normalized spacial score (nSPS) is 11.4. The summed E-state index contributed by atoms with van der Waals surface area (Å²) in [6.45, 7) is 7.84. The highest BCUT2D eigenvalue weighted by Gasteiger charge is 2.22. The van der Waals surface area contributed by atoms with Crippen molar-refractivity contribution in [2.45, 2.75) is 59.2 Å². The van der Waals surface area contributed by atoms with Crippen LogP contribution in [0, 0.1) is 0 Å². The van der Waals surface area contributed by atoms with E-state index < -0.39 is 0 Å². The summed E-state index contributed by atoms with van der Waals surface area (Å²) in [6, 6.07) is 26.8. The molecule has 0 aliphatic heterocycles. The maximum absolute atomic E-state index is 6.59. The number of hydrogen-bond donors (Lipinski definition) is 0. The summed E-state index contributed by atoms with van der Waals surface area (Å²) in [6.07, 6.45) is 4.46. The molecule has 1 heterocycles. The molecule has 3 nitrogen and oxygen atoms in total. The highest BCUT2D eigenvalue weighted by atomic mass is 35.5. The second-order valence-corrected chi connectivity index (χ2v) is 10.0. The largest absolute Gasteiger partial charge is 0.326 e. The van der Waals surface area contributed by atoms with E-state index in [0.717, 1.165) is 83.6 Å². The van der Waals surface area contributed by atoms with Gasteiger partial charge in [-0.3, -0.25) is 4.90 Å². The van der Waals surface area contributed by atoms with E-state index in [9.17, 15) is 0 Å². The van der Waals surface area contributed by atoms with Gasteiger partial charge in [0.1, 0.15) is 5.82 Å². The number of halogens is 2. The number of hydrogen-bond acceptors (Lipinski definition) is 2. The van der Waals surface area contributed by atoms with Crippen molar-refractivity contribution in [3.63, 3.8) is 0 Å². The molecule has 0 fully saturated rings. The first-order valence-electron chi connectivity index (χ1n) is 13.0. The lowest BCUT2D eigenvalue weighted by Gasteiger charge is -2.25. The molecule has 0 amide bonds. The predicted molar refractivity (Wildman–Crippen MR) is 153 cm³/mol. The summed E-state index contributed by atoms with van der Waals surface area (Å²) in [5.41, 5.74) is 5.57. The summed E-state index contributed by atoms with van der Waals surface area (Å²) in [5, 5.41) is 1.44. The van der Waals surface area contributed by atoms with E-state index >= 15 is 0 Å². The lowest BCUT2D eigenvalue weighted by Crippen LogP contribution is -2.26. The third-order valence-electron chi connectivity index (χ3n) is 6.53. The lowest BCUT2D eigenvalue weighted by atomic mass is 10.1. The molecule has 0 saturated carbocycles. The summed E-state index contributed by atoms with van der Waals surface area (Å²) >= 11 is 13.2. The van der Waals surface area contributed by atoms with Gasteiger partial charge in [-0.2, -0.15) is 0 Å². The third kappa shape index (κ3) is 6.39. The van der Waals surface area contributed by atoms with Gasteiger partial charge in [0, 0.05) is 46.4 Å². The second kappa shape index (κ2) is 13.1. The van der Waals surface area contributed by atoms with Gasteiger partial charge in [0.05, 0.1) is 11.4 Å². The van der Waals surface area contributed by atoms with E-state index in [-0.39, 0.29) is 0 Å². The molecule has 0 unspecified atom stereocenters. The minimum Gasteiger partial charge on any atom is -0.326 e. The molecule has 5 heteroatoms. The van der Waals surface area contributed by atoms with Crippen molar-refractivity contribution in [2.75, 3.05) is 6.54 Å². The molecular weight excluding hydrogens is 485 g/mol. The van der Waals surface area contributed by atoms with Crippen LogP contribution in [0.3, 0.4) is 0 Å². The van der Waals surface area contributed by atoms with Crippen LogP contribution in [0.2, 0.25) is 10.0 Å². The van der Waals surface area contributed by atoms with E-state index in [2.05, 4.69) is 84.0 Å². The van der Waals surface area contributed by atoms with Gasteiger partial charge in [0.25, 0.3) is 0 Å². The van der Waals surface area contributed by atoms with Gasteiger partial charge in [-0.1, -0.05) is 117 Å². The van der Waals surface area contributed by atoms with Gasteiger partial charge in [0.2, 0.25) is 0 Å². The van der Waals surface area contributed by atoms with Gasteiger partial charge < -0.3 is 4.57 Å². The number of benzene rings is 3. The Bertz CT molecular complexity index is 1220. The number of unbranched alkanes of at least 4 members (excludes halogenated alkanes) is 2. The first-order valence-corrected chi connectivity index (χ1v) is 13.7. The fourth-order valence-electron chi connectivity index (χ4n) is 4.55. The Morgan fingerprint density at radius 2 is 1.33 bits per heavy atom. The van der Waals surface area contributed by atoms with E-state index in [1.54, 1.807) is 0 Å². The first kappa shape index (κ1) is 26.5. The minimum absolute atomic E-state index is 0.701. The Kier molecular flexibility index (Phi) is 9.63. The fourth-order valence-corrected chi connectivity index (χ4v) is 5.07. The molecule has 4 rings (SSSR count). The number of aromatic nitrogens is 2. The lowest BCUT2D eigenvalue weighted by molar-refractivity contribution is 0.246. The van der Waals surface area contributed by atoms with E-state index in [4.69, 9.17) is 28.2 Å². The Morgan fingerprint density at radius 3 is 1.94 bits per heavy atom. The monoisotopic (exact) mass is 519 g/mol. The number of rotatable bonds is 12.